The van der Waals surface area contributed by atoms with Gasteiger partial charge in [-0.05, 0) is 26.8 Å². The zero-order valence-corrected chi connectivity index (χ0v) is 11.0. The van der Waals surface area contributed by atoms with Gasteiger partial charge in [0, 0.05) is 12.1 Å². The quantitative estimate of drug-likeness (QED) is 0.891. The van der Waals surface area contributed by atoms with Crippen LogP contribution in [-0.4, -0.2) is 41.3 Å². The molecule has 0 amide bonds. The Morgan fingerprint density at radius 3 is 2.83 bits per heavy atom. The third-order valence-corrected chi connectivity index (χ3v) is 3.36. The molecule has 0 bridgehead atoms. The van der Waals surface area contributed by atoms with Crippen molar-refractivity contribution in [1.82, 2.24) is 4.90 Å². The van der Waals surface area contributed by atoms with Gasteiger partial charge in [-0.25, -0.2) is 4.79 Å². The van der Waals surface area contributed by atoms with Crippen LogP contribution in [0.4, 0.5) is 0 Å². The highest BCUT2D eigenvalue weighted by atomic mass is 16.5. The highest BCUT2D eigenvalue weighted by molar-refractivity contribution is 5.88. The molecule has 0 atom stereocenters. The summed E-state index contributed by atoms with van der Waals surface area (Å²) >= 11 is 0. The van der Waals surface area contributed by atoms with Gasteiger partial charge < -0.3 is 14.3 Å². The second-order valence-electron chi connectivity index (χ2n) is 5.27. The fourth-order valence-electron chi connectivity index (χ4n) is 2.21. The average molecular weight is 253 g/mol. The van der Waals surface area contributed by atoms with E-state index in [0.717, 1.165) is 6.54 Å². The first-order valence-corrected chi connectivity index (χ1v) is 6.05. The van der Waals surface area contributed by atoms with E-state index in [1.54, 1.807) is 13.0 Å². The molecule has 2 rings (SSSR count). The van der Waals surface area contributed by atoms with E-state index >= 15 is 0 Å². The van der Waals surface area contributed by atoms with Gasteiger partial charge in [-0.2, -0.15) is 0 Å². The molecule has 1 saturated heterocycles. The molecule has 1 aliphatic heterocycles. The molecule has 0 aromatic carbocycles. The molecule has 18 heavy (non-hydrogen) atoms. The number of morpholine rings is 1. The van der Waals surface area contributed by atoms with Gasteiger partial charge in [-0.15, -0.1) is 0 Å². The van der Waals surface area contributed by atoms with Crippen LogP contribution in [-0.2, 0) is 11.3 Å². The van der Waals surface area contributed by atoms with Crippen molar-refractivity contribution in [3.8, 4) is 0 Å². The number of carboxylic acid groups (broad SMARTS) is 1. The second kappa shape index (κ2) is 4.74. The largest absolute Gasteiger partial charge is 0.478 e. The SMILES string of the molecule is Cc1oc(CN2CCOCC2(C)C)cc1C(=O)O. The molecule has 2 heterocycles. The molecular weight excluding hydrogens is 234 g/mol. The monoisotopic (exact) mass is 253 g/mol. The van der Waals surface area contributed by atoms with E-state index < -0.39 is 5.97 Å². The Balaban J connectivity index is 2.13. The molecule has 0 saturated carbocycles. The minimum atomic E-state index is -0.941. The van der Waals surface area contributed by atoms with Crippen molar-refractivity contribution in [3.63, 3.8) is 0 Å². The fourth-order valence-corrected chi connectivity index (χ4v) is 2.21. The second-order valence-corrected chi connectivity index (χ2v) is 5.27. The standard InChI is InChI=1S/C13H19NO4/c1-9-11(12(15)16)6-10(18-9)7-14-4-5-17-8-13(14,2)3/h6H,4-5,7-8H2,1-3H3,(H,15,16). The van der Waals surface area contributed by atoms with Gasteiger partial charge in [-0.1, -0.05) is 0 Å². The number of hydrogen-bond acceptors (Lipinski definition) is 4. The van der Waals surface area contributed by atoms with E-state index in [4.69, 9.17) is 14.3 Å². The zero-order chi connectivity index (χ0) is 13.3. The molecule has 1 aromatic rings. The number of aromatic carboxylic acids is 1. The summed E-state index contributed by atoms with van der Waals surface area (Å²) in [4.78, 5) is 13.2. The van der Waals surface area contributed by atoms with E-state index in [1.807, 2.05) is 0 Å². The third-order valence-electron chi connectivity index (χ3n) is 3.36. The van der Waals surface area contributed by atoms with Gasteiger partial charge >= 0.3 is 5.97 Å². The van der Waals surface area contributed by atoms with Crippen LogP contribution in [0.15, 0.2) is 10.5 Å². The van der Waals surface area contributed by atoms with Crippen LogP contribution in [0.25, 0.3) is 0 Å². The third kappa shape index (κ3) is 2.57. The molecule has 1 fully saturated rings. The highest BCUT2D eigenvalue weighted by Gasteiger charge is 2.31. The molecule has 5 nitrogen and oxygen atoms in total. The number of rotatable bonds is 3. The normalized spacial score (nSPS) is 19.9. The number of carbonyl (C=O) groups is 1. The summed E-state index contributed by atoms with van der Waals surface area (Å²) in [5.74, 6) is 0.215. The summed E-state index contributed by atoms with van der Waals surface area (Å²) in [6, 6.07) is 1.61. The summed E-state index contributed by atoms with van der Waals surface area (Å²) in [5.41, 5.74) is 0.193. The van der Waals surface area contributed by atoms with Crippen molar-refractivity contribution in [1.29, 1.82) is 0 Å². The van der Waals surface area contributed by atoms with E-state index in [2.05, 4.69) is 18.7 Å². The van der Waals surface area contributed by atoms with Crippen molar-refractivity contribution < 1.29 is 19.1 Å². The van der Waals surface area contributed by atoms with Crippen LogP contribution in [0.5, 0.6) is 0 Å². The predicted molar refractivity (Wildman–Crippen MR) is 65.7 cm³/mol. The Bertz CT molecular complexity index is 450. The van der Waals surface area contributed by atoms with Crippen LogP contribution < -0.4 is 0 Å². The molecule has 1 aliphatic rings. The Kier molecular flexibility index (Phi) is 3.45. The number of carboxylic acids is 1. The number of aryl methyl sites for hydroxylation is 1. The molecule has 0 radical (unpaired) electrons. The minimum absolute atomic E-state index is 0.0532. The predicted octanol–water partition coefficient (Wildman–Crippen LogP) is 1.90. The van der Waals surface area contributed by atoms with Gasteiger partial charge in [0.25, 0.3) is 0 Å². The maximum atomic E-state index is 11.0. The summed E-state index contributed by atoms with van der Waals surface area (Å²) in [6.45, 7) is 8.73. The Morgan fingerprint density at radius 2 is 2.28 bits per heavy atom. The van der Waals surface area contributed by atoms with Crippen molar-refractivity contribution in [2.45, 2.75) is 32.9 Å². The van der Waals surface area contributed by atoms with Crippen molar-refractivity contribution >= 4 is 5.97 Å². The van der Waals surface area contributed by atoms with Gasteiger partial charge in [0.05, 0.1) is 19.8 Å². The first kappa shape index (κ1) is 13.1. The molecule has 0 unspecified atom stereocenters. The summed E-state index contributed by atoms with van der Waals surface area (Å²) in [6.07, 6.45) is 0. The van der Waals surface area contributed by atoms with E-state index in [1.165, 1.54) is 0 Å². The van der Waals surface area contributed by atoms with Crippen LogP contribution in [0.1, 0.15) is 35.7 Å². The lowest BCUT2D eigenvalue weighted by Crippen LogP contribution is -2.52. The first-order valence-electron chi connectivity index (χ1n) is 6.05. The fraction of sp³-hybridized carbons (Fsp3) is 0.615. The molecule has 1 aromatic heterocycles. The summed E-state index contributed by atoms with van der Waals surface area (Å²) < 4.78 is 11.0. The van der Waals surface area contributed by atoms with Crippen LogP contribution >= 0.6 is 0 Å². The number of furan rings is 1. The molecular formula is C13H19NO4. The first-order chi connectivity index (χ1) is 8.40. The molecule has 0 aliphatic carbocycles. The van der Waals surface area contributed by atoms with Crippen molar-refractivity contribution in [2.75, 3.05) is 19.8 Å². The maximum absolute atomic E-state index is 11.0. The summed E-state index contributed by atoms with van der Waals surface area (Å²) in [7, 11) is 0. The zero-order valence-electron chi connectivity index (χ0n) is 11.0. The van der Waals surface area contributed by atoms with E-state index in [9.17, 15) is 4.79 Å². The maximum Gasteiger partial charge on any atom is 0.339 e. The van der Waals surface area contributed by atoms with Gasteiger partial charge in [0.2, 0.25) is 0 Å². The van der Waals surface area contributed by atoms with Crippen LogP contribution in [0.2, 0.25) is 0 Å². The highest BCUT2D eigenvalue weighted by Crippen LogP contribution is 2.23. The van der Waals surface area contributed by atoms with Gasteiger partial charge in [0.15, 0.2) is 0 Å². The Labute approximate surface area is 106 Å². The summed E-state index contributed by atoms with van der Waals surface area (Å²) in [5, 5.41) is 8.99. The van der Waals surface area contributed by atoms with E-state index in [-0.39, 0.29) is 11.1 Å². The molecule has 100 valence electrons. The van der Waals surface area contributed by atoms with Crippen molar-refractivity contribution in [3.05, 3.63) is 23.2 Å². The van der Waals surface area contributed by atoms with Gasteiger partial charge in [-0.3, -0.25) is 4.90 Å². The van der Waals surface area contributed by atoms with Crippen LogP contribution in [0.3, 0.4) is 0 Å². The topological polar surface area (TPSA) is 62.9 Å². The number of nitrogens with zero attached hydrogens (tertiary/aromatic N) is 1. The number of hydrogen-bond donors (Lipinski definition) is 1. The Morgan fingerprint density at radius 1 is 1.56 bits per heavy atom. The van der Waals surface area contributed by atoms with Crippen molar-refractivity contribution in [2.24, 2.45) is 0 Å². The lowest BCUT2D eigenvalue weighted by Gasteiger charge is -2.41. The molecule has 5 heteroatoms. The van der Waals surface area contributed by atoms with E-state index in [0.29, 0.717) is 31.3 Å². The Hall–Kier alpha value is -1.33. The minimum Gasteiger partial charge on any atom is -0.478 e. The number of ether oxygens (including phenoxy) is 1. The molecule has 0 spiro atoms. The lowest BCUT2D eigenvalue weighted by atomic mass is 10.0. The average Bonchev–Trinajstić information content (AvgIpc) is 2.63. The lowest BCUT2D eigenvalue weighted by molar-refractivity contribution is -0.0577. The van der Waals surface area contributed by atoms with Crippen LogP contribution in [0, 0.1) is 6.92 Å². The molecule has 1 N–H and O–H groups in total. The smallest absolute Gasteiger partial charge is 0.339 e. The van der Waals surface area contributed by atoms with Gasteiger partial charge in [0.1, 0.15) is 17.1 Å².